The Bertz CT molecular complexity index is 161. The lowest BCUT2D eigenvalue weighted by Crippen LogP contribution is -2.37. The van der Waals surface area contributed by atoms with Crippen LogP contribution in [0.3, 0.4) is 0 Å². The molecule has 1 saturated heterocycles. The number of hydrazine groups is 1. The molecule has 1 aliphatic heterocycles. The van der Waals surface area contributed by atoms with Crippen molar-refractivity contribution in [1.82, 2.24) is 10.9 Å². The van der Waals surface area contributed by atoms with Crippen molar-refractivity contribution < 1.29 is 9.53 Å². The Morgan fingerprint density at radius 3 is 2.92 bits per heavy atom. The molecule has 0 aromatic carbocycles. The molecule has 0 spiro atoms. The van der Waals surface area contributed by atoms with Gasteiger partial charge < -0.3 is 4.74 Å². The van der Waals surface area contributed by atoms with Crippen LogP contribution in [-0.2, 0) is 9.53 Å². The molecule has 0 aliphatic carbocycles. The zero-order valence-electron chi connectivity index (χ0n) is 7.59. The van der Waals surface area contributed by atoms with Gasteiger partial charge in [0.2, 0.25) is 0 Å². The molecule has 0 bridgehead atoms. The van der Waals surface area contributed by atoms with Gasteiger partial charge in [0, 0.05) is 6.04 Å². The summed E-state index contributed by atoms with van der Waals surface area (Å²) in [7, 11) is 1.41. The van der Waals surface area contributed by atoms with Crippen molar-refractivity contribution in [3.05, 3.63) is 0 Å². The average molecular weight is 172 g/mol. The van der Waals surface area contributed by atoms with Crippen molar-refractivity contribution in [1.29, 1.82) is 0 Å². The van der Waals surface area contributed by atoms with Crippen LogP contribution < -0.4 is 10.9 Å². The van der Waals surface area contributed by atoms with Gasteiger partial charge in [-0.25, -0.2) is 5.43 Å². The lowest BCUT2D eigenvalue weighted by atomic mass is 10.1. The molecule has 12 heavy (non-hydrogen) atoms. The van der Waals surface area contributed by atoms with Crippen molar-refractivity contribution >= 4 is 5.97 Å². The Balaban J connectivity index is 2.30. The van der Waals surface area contributed by atoms with Crippen LogP contribution in [0.15, 0.2) is 0 Å². The zero-order chi connectivity index (χ0) is 8.97. The van der Waals surface area contributed by atoms with Crippen LogP contribution in [0, 0.1) is 0 Å². The highest BCUT2D eigenvalue weighted by Crippen LogP contribution is 2.10. The molecule has 1 aliphatic rings. The van der Waals surface area contributed by atoms with E-state index in [0.29, 0.717) is 6.04 Å². The minimum absolute atomic E-state index is 0.161. The van der Waals surface area contributed by atoms with E-state index in [0.717, 1.165) is 19.3 Å². The minimum atomic E-state index is -0.180. The van der Waals surface area contributed by atoms with Crippen LogP contribution in [-0.4, -0.2) is 25.2 Å². The first-order chi connectivity index (χ1) is 5.77. The van der Waals surface area contributed by atoms with Crippen molar-refractivity contribution in [3.8, 4) is 0 Å². The summed E-state index contributed by atoms with van der Waals surface area (Å²) in [6, 6.07) is 0.255. The molecule has 2 N–H and O–H groups in total. The zero-order valence-corrected chi connectivity index (χ0v) is 7.59. The highest BCUT2D eigenvalue weighted by Gasteiger charge is 2.28. The molecule has 0 amide bonds. The number of esters is 1. The fourth-order valence-electron chi connectivity index (χ4n) is 1.46. The second-order valence-electron chi connectivity index (χ2n) is 3.09. The van der Waals surface area contributed by atoms with Gasteiger partial charge in [-0.2, -0.15) is 0 Å². The molecule has 0 saturated carbocycles. The van der Waals surface area contributed by atoms with E-state index in [2.05, 4.69) is 22.5 Å². The molecule has 4 nitrogen and oxygen atoms in total. The van der Waals surface area contributed by atoms with Crippen LogP contribution in [0.4, 0.5) is 0 Å². The minimum Gasteiger partial charge on any atom is -0.468 e. The van der Waals surface area contributed by atoms with Gasteiger partial charge in [-0.15, -0.1) is 0 Å². The van der Waals surface area contributed by atoms with E-state index in [1.54, 1.807) is 0 Å². The fraction of sp³-hybridized carbons (Fsp3) is 0.875. The SMILES string of the molecule is CCCC1CC(C(=O)OC)NN1. The highest BCUT2D eigenvalue weighted by atomic mass is 16.5. The largest absolute Gasteiger partial charge is 0.468 e. The summed E-state index contributed by atoms with van der Waals surface area (Å²) in [6.07, 6.45) is 3.06. The Labute approximate surface area is 72.6 Å². The number of carbonyl (C=O) groups is 1. The highest BCUT2D eigenvalue weighted by molar-refractivity contribution is 5.75. The lowest BCUT2D eigenvalue weighted by molar-refractivity contribution is -0.142. The van der Waals surface area contributed by atoms with Gasteiger partial charge in [-0.3, -0.25) is 10.2 Å². The normalized spacial score (nSPS) is 28.8. The van der Waals surface area contributed by atoms with Gasteiger partial charge in [0.15, 0.2) is 0 Å². The number of hydrogen-bond donors (Lipinski definition) is 2. The number of hydrogen-bond acceptors (Lipinski definition) is 4. The molecule has 0 aromatic rings. The molecule has 70 valence electrons. The third-order valence-corrected chi connectivity index (χ3v) is 2.10. The summed E-state index contributed by atoms with van der Waals surface area (Å²) >= 11 is 0. The van der Waals surface area contributed by atoms with Crippen molar-refractivity contribution in [2.45, 2.75) is 38.3 Å². The molecule has 2 unspecified atom stereocenters. The number of carbonyl (C=O) groups excluding carboxylic acids is 1. The number of nitrogens with one attached hydrogen (secondary N) is 2. The third-order valence-electron chi connectivity index (χ3n) is 2.10. The van der Waals surface area contributed by atoms with Gasteiger partial charge in [0.1, 0.15) is 6.04 Å². The van der Waals surface area contributed by atoms with E-state index < -0.39 is 0 Å². The third kappa shape index (κ3) is 2.19. The Kier molecular flexibility index (Phi) is 3.49. The number of ether oxygens (including phenoxy) is 1. The van der Waals surface area contributed by atoms with Gasteiger partial charge in [0.05, 0.1) is 7.11 Å². The standard InChI is InChI=1S/C8H16N2O2/c1-3-4-6-5-7(10-9-6)8(11)12-2/h6-7,9-10H,3-5H2,1-2H3. The predicted molar refractivity (Wildman–Crippen MR) is 45.4 cm³/mol. The fourth-order valence-corrected chi connectivity index (χ4v) is 1.46. The van der Waals surface area contributed by atoms with E-state index in [9.17, 15) is 4.79 Å². The van der Waals surface area contributed by atoms with Crippen LogP contribution in [0.5, 0.6) is 0 Å². The summed E-state index contributed by atoms with van der Waals surface area (Å²) in [5, 5.41) is 0. The van der Waals surface area contributed by atoms with Crippen LogP contribution in [0.2, 0.25) is 0 Å². The van der Waals surface area contributed by atoms with Crippen LogP contribution >= 0.6 is 0 Å². The van der Waals surface area contributed by atoms with Crippen molar-refractivity contribution in [3.63, 3.8) is 0 Å². The molecule has 1 rings (SSSR count). The smallest absolute Gasteiger partial charge is 0.324 e. The monoisotopic (exact) mass is 172 g/mol. The summed E-state index contributed by atoms with van der Waals surface area (Å²) < 4.78 is 4.62. The first-order valence-electron chi connectivity index (χ1n) is 4.36. The molecular weight excluding hydrogens is 156 g/mol. The second kappa shape index (κ2) is 4.42. The molecule has 0 radical (unpaired) electrons. The Morgan fingerprint density at radius 2 is 2.33 bits per heavy atom. The Morgan fingerprint density at radius 1 is 1.58 bits per heavy atom. The maximum Gasteiger partial charge on any atom is 0.324 e. The van der Waals surface area contributed by atoms with E-state index >= 15 is 0 Å². The molecule has 1 fully saturated rings. The molecule has 0 aromatic heterocycles. The maximum absolute atomic E-state index is 11.0. The average Bonchev–Trinajstić information content (AvgIpc) is 2.52. The van der Waals surface area contributed by atoms with Crippen LogP contribution in [0.1, 0.15) is 26.2 Å². The Hall–Kier alpha value is -0.610. The van der Waals surface area contributed by atoms with Gasteiger partial charge in [0.25, 0.3) is 0 Å². The summed E-state index contributed by atoms with van der Waals surface area (Å²) in [4.78, 5) is 11.0. The van der Waals surface area contributed by atoms with E-state index in [1.807, 2.05) is 0 Å². The quantitative estimate of drug-likeness (QED) is 0.597. The number of methoxy groups -OCH3 is 1. The van der Waals surface area contributed by atoms with Gasteiger partial charge in [-0.05, 0) is 12.8 Å². The molecular formula is C8H16N2O2. The van der Waals surface area contributed by atoms with Crippen molar-refractivity contribution in [2.75, 3.05) is 7.11 Å². The van der Waals surface area contributed by atoms with E-state index in [4.69, 9.17) is 0 Å². The maximum atomic E-state index is 11.0. The number of rotatable bonds is 3. The topological polar surface area (TPSA) is 50.4 Å². The van der Waals surface area contributed by atoms with E-state index in [1.165, 1.54) is 7.11 Å². The first kappa shape index (κ1) is 9.48. The molecule has 2 atom stereocenters. The second-order valence-corrected chi connectivity index (χ2v) is 3.09. The lowest BCUT2D eigenvalue weighted by Gasteiger charge is -2.05. The van der Waals surface area contributed by atoms with Crippen molar-refractivity contribution in [2.24, 2.45) is 0 Å². The predicted octanol–water partition coefficient (Wildman–Crippen LogP) is 0.195. The van der Waals surface area contributed by atoms with Crippen LogP contribution in [0.25, 0.3) is 0 Å². The van der Waals surface area contributed by atoms with Gasteiger partial charge in [-0.1, -0.05) is 13.3 Å². The van der Waals surface area contributed by atoms with Gasteiger partial charge >= 0.3 is 5.97 Å². The summed E-state index contributed by atoms with van der Waals surface area (Å²) in [5.74, 6) is -0.180. The molecule has 4 heteroatoms. The summed E-state index contributed by atoms with van der Waals surface area (Å²) in [5.41, 5.74) is 5.99. The summed E-state index contributed by atoms with van der Waals surface area (Å²) in [6.45, 7) is 2.13. The van der Waals surface area contributed by atoms with E-state index in [-0.39, 0.29) is 12.0 Å². The molecule has 1 heterocycles. The first-order valence-corrected chi connectivity index (χ1v) is 4.36.